The van der Waals surface area contributed by atoms with Gasteiger partial charge in [0.15, 0.2) is 5.65 Å². The van der Waals surface area contributed by atoms with Gasteiger partial charge in [-0.1, -0.05) is 6.92 Å². The van der Waals surface area contributed by atoms with Crippen molar-refractivity contribution in [2.45, 2.75) is 32.4 Å². The molecule has 0 aliphatic rings. The molecule has 0 aliphatic carbocycles. The Morgan fingerprint density at radius 1 is 1.04 bits per heavy atom. The zero-order chi connectivity index (χ0) is 19.1. The lowest BCUT2D eigenvalue weighted by Gasteiger charge is -2.14. The Hall–Kier alpha value is -2.65. The average Bonchev–Trinajstić information content (AvgIpc) is 2.98. The topological polar surface area (TPSA) is 56.0 Å². The molecule has 1 unspecified atom stereocenters. The molecule has 0 saturated carbocycles. The van der Waals surface area contributed by atoms with E-state index >= 15 is 0 Å². The van der Waals surface area contributed by atoms with Gasteiger partial charge in [-0.2, -0.15) is 31.6 Å². The summed E-state index contributed by atoms with van der Waals surface area (Å²) in [6, 6.07) is 6.04. The molecule has 3 rings (SSSR count). The number of alkyl halides is 5. The Bertz CT molecular complexity index is 911. The molecule has 3 heterocycles. The van der Waals surface area contributed by atoms with Gasteiger partial charge in [0.05, 0.1) is 11.6 Å². The summed E-state index contributed by atoms with van der Waals surface area (Å²) in [6.45, 7) is 1.78. The van der Waals surface area contributed by atoms with E-state index in [1.54, 1.807) is 12.1 Å². The Labute approximate surface area is 144 Å². The molecular weight excluding hydrogens is 357 g/mol. The summed E-state index contributed by atoms with van der Waals surface area (Å²) < 4.78 is 65.9. The molecule has 0 aliphatic heterocycles. The van der Waals surface area contributed by atoms with Crippen LogP contribution < -0.4 is 0 Å². The monoisotopic (exact) mass is 371 g/mol. The van der Waals surface area contributed by atoms with Gasteiger partial charge in [0.1, 0.15) is 0 Å². The van der Waals surface area contributed by atoms with Crippen molar-refractivity contribution in [3.05, 3.63) is 42.0 Å². The summed E-state index contributed by atoms with van der Waals surface area (Å²) in [6.07, 6.45) is -3.17. The Morgan fingerprint density at radius 3 is 2.35 bits per heavy atom. The molecule has 0 fully saturated rings. The van der Waals surface area contributed by atoms with E-state index in [1.165, 1.54) is 18.3 Å². The molecule has 0 aromatic carbocycles. The number of rotatable bonds is 4. The van der Waals surface area contributed by atoms with Gasteiger partial charge in [-0.05, 0) is 24.3 Å². The predicted octanol–water partition coefficient (Wildman–Crippen LogP) is 4.04. The molecule has 1 atom stereocenters. The second-order valence-corrected chi connectivity index (χ2v) is 6.09. The molecule has 0 bridgehead atoms. The largest absolute Gasteiger partial charge is 0.391 e. The minimum atomic E-state index is -4.29. The molecule has 0 radical (unpaired) electrons. The van der Waals surface area contributed by atoms with Crippen LogP contribution in [0.3, 0.4) is 0 Å². The second-order valence-electron chi connectivity index (χ2n) is 6.09. The van der Waals surface area contributed by atoms with Gasteiger partial charge < -0.3 is 0 Å². The Balaban J connectivity index is 1.90. The molecule has 0 N–H and O–H groups in total. The zero-order valence-electron chi connectivity index (χ0n) is 13.8. The van der Waals surface area contributed by atoms with E-state index in [4.69, 9.17) is 0 Å². The maximum absolute atomic E-state index is 13.6. The highest BCUT2D eigenvalue weighted by Gasteiger charge is 2.36. The highest BCUT2D eigenvalue weighted by molar-refractivity contribution is 5.59. The van der Waals surface area contributed by atoms with E-state index in [0.29, 0.717) is 18.2 Å². The number of pyridine rings is 1. The van der Waals surface area contributed by atoms with E-state index in [-0.39, 0.29) is 17.8 Å². The zero-order valence-corrected chi connectivity index (χ0v) is 13.8. The first-order valence-electron chi connectivity index (χ1n) is 7.68. The Morgan fingerprint density at radius 2 is 1.77 bits per heavy atom. The summed E-state index contributed by atoms with van der Waals surface area (Å²) >= 11 is 0. The van der Waals surface area contributed by atoms with E-state index in [9.17, 15) is 22.0 Å². The summed E-state index contributed by atoms with van der Waals surface area (Å²) in [5, 5.41) is 11.2. The number of hydrogen-bond donors (Lipinski definition) is 0. The summed E-state index contributed by atoms with van der Waals surface area (Å²) in [5.74, 6) is -5.33. The number of halogens is 5. The van der Waals surface area contributed by atoms with E-state index in [1.807, 2.05) is 0 Å². The van der Waals surface area contributed by atoms with Crippen molar-refractivity contribution < 1.29 is 22.0 Å². The molecular formula is C16H14F5N5. The fourth-order valence-corrected chi connectivity index (χ4v) is 2.34. The van der Waals surface area contributed by atoms with Crippen LogP contribution in [0, 0.1) is 5.92 Å². The van der Waals surface area contributed by atoms with E-state index in [2.05, 4.69) is 20.3 Å². The third kappa shape index (κ3) is 3.63. The average molecular weight is 371 g/mol. The standard InChI is InChI=1S/C16H14F5N5/c1-9(16(19,20)21)7-11-4-3-10(8-22-11)12-5-6-13-23-24-14(15(2,17)18)26(13)25-12/h3-6,8-9H,7H2,1-2H3. The molecule has 3 aromatic heterocycles. The summed E-state index contributed by atoms with van der Waals surface area (Å²) in [7, 11) is 0. The number of hydrogen-bond acceptors (Lipinski definition) is 4. The lowest BCUT2D eigenvalue weighted by atomic mass is 10.0. The van der Waals surface area contributed by atoms with Crippen LogP contribution in [-0.4, -0.2) is 31.0 Å². The van der Waals surface area contributed by atoms with Crippen LogP contribution in [0.4, 0.5) is 22.0 Å². The summed E-state index contributed by atoms with van der Waals surface area (Å²) in [4.78, 5) is 4.02. The first-order valence-corrected chi connectivity index (χ1v) is 7.68. The van der Waals surface area contributed by atoms with Gasteiger partial charge in [0.2, 0.25) is 5.82 Å². The summed E-state index contributed by atoms with van der Waals surface area (Å²) in [5.41, 5.74) is 1.25. The number of aromatic nitrogens is 5. The van der Waals surface area contributed by atoms with Crippen LogP contribution in [0.25, 0.3) is 16.9 Å². The third-order valence-corrected chi connectivity index (χ3v) is 3.85. The molecule has 138 valence electrons. The van der Waals surface area contributed by atoms with Crippen LogP contribution in [0.15, 0.2) is 30.5 Å². The lowest BCUT2D eigenvalue weighted by Crippen LogP contribution is -2.22. The quantitative estimate of drug-likeness (QED) is 0.650. The fourth-order valence-electron chi connectivity index (χ4n) is 2.34. The number of nitrogens with zero attached hydrogens (tertiary/aromatic N) is 5. The highest BCUT2D eigenvalue weighted by Crippen LogP contribution is 2.29. The molecule has 5 nitrogen and oxygen atoms in total. The molecule has 0 saturated heterocycles. The lowest BCUT2D eigenvalue weighted by molar-refractivity contribution is -0.169. The van der Waals surface area contributed by atoms with Gasteiger partial charge in [-0.25, -0.2) is 0 Å². The van der Waals surface area contributed by atoms with Gasteiger partial charge in [-0.3, -0.25) is 4.98 Å². The predicted molar refractivity (Wildman–Crippen MR) is 82.5 cm³/mol. The first-order chi connectivity index (χ1) is 12.1. The third-order valence-electron chi connectivity index (χ3n) is 3.85. The van der Waals surface area contributed by atoms with Crippen LogP contribution in [0.5, 0.6) is 0 Å². The van der Waals surface area contributed by atoms with Crippen LogP contribution in [-0.2, 0) is 12.3 Å². The Kier molecular flexibility index (Phi) is 4.37. The van der Waals surface area contributed by atoms with Crippen molar-refractivity contribution in [2.75, 3.05) is 0 Å². The van der Waals surface area contributed by atoms with Crippen molar-refractivity contribution in [2.24, 2.45) is 5.92 Å². The second kappa shape index (κ2) is 6.26. The first kappa shape index (κ1) is 18.2. The van der Waals surface area contributed by atoms with Crippen molar-refractivity contribution in [3.63, 3.8) is 0 Å². The minimum absolute atomic E-state index is 0.161. The van der Waals surface area contributed by atoms with Crippen molar-refractivity contribution >= 4 is 5.65 Å². The van der Waals surface area contributed by atoms with Gasteiger partial charge in [-0.15, -0.1) is 10.2 Å². The van der Waals surface area contributed by atoms with Crippen molar-refractivity contribution in [3.8, 4) is 11.3 Å². The number of fused-ring (bicyclic) bond motifs is 1. The van der Waals surface area contributed by atoms with Gasteiger partial charge in [0.25, 0.3) is 0 Å². The molecule has 3 aromatic rings. The SMILES string of the molecule is CC(Cc1ccc(-c2ccc3nnc(C(C)(F)F)n3n2)cn1)C(F)(F)F. The molecule has 0 spiro atoms. The van der Waals surface area contributed by atoms with Crippen LogP contribution in [0.2, 0.25) is 0 Å². The molecule has 10 heteroatoms. The molecule has 26 heavy (non-hydrogen) atoms. The van der Waals surface area contributed by atoms with E-state index in [0.717, 1.165) is 11.4 Å². The van der Waals surface area contributed by atoms with Crippen LogP contribution in [0.1, 0.15) is 25.4 Å². The fraction of sp³-hybridized carbons (Fsp3) is 0.375. The van der Waals surface area contributed by atoms with Gasteiger partial charge >= 0.3 is 12.1 Å². The normalized spacial score (nSPS) is 14.0. The maximum atomic E-state index is 13.6. The van der Waals surface area contributed by atoms with Crippen molar-refractivity contribution in [1.82, 2.24) is 24.8 Å². The van der Waals surface area contributed by atoms with Crippen molar-refractivity contribution in [1.29, 1.82) is 0 Å². The van der Waals surface area contributed by atoms with Gasteiger partial charge in [0, 0.05) is 30.8 Å². The van der Waals surface area contributed by atoms with E-state index < -0.39 is 23.8 Å². The molecule has 0 amide bonds. The maximum Gasteiger partial charge on any atom is 0.391 e. The van der Waals surface area contributed by atoms with Crippen LogP contribution >= 0.6 is 0 Å². The minimum Gasteiger partial charge on any atom is -0.261 e. The highest BCUT2D eigenvalue weighted by atomic mass is 19.4. The smallest absolute Gasteiger partial charge is 0.261 e.